The minimum Gasteiger partial charge on any atom is -0.385 e. The van der Waals surface area contributed by atoms with Crippen LogP contribution in [-0.4, -0.2) is 61.5 Å². The molecule has 9 heteroatoms. The molecule has 47 heavy (non-hydrogen) atoms. The molecule has 2 fully saturated rings. The molecule has 3 aromatic rings. The Morgan fingerprint density at radius 2 is 1.79 bits per heavy atom. The maximum atomic E-state index is 14.4. The van der Waals surface area contributed by atoms with Crippen LogP contribution in [0.2, 0.25) is 0 Å². The van der Waals surface area contributed by atoms with Crippen LogP contribution >= 0.6 is 0 Å². The number of anilines is 1. The third-order valence-electron chi connectivity index (χ3n) is 10.6. The smallest absolute Gasteiger partial charge is 0.245 e. The van der Waals surface area contributed by atoms with Gasteiger partial charge in [0.15, 0.2) is 11.6 Å². The molecule has 250 valence electrons. The number of ketones is 3. The van der Waals surface area contributed by atoms with Crippen molar-refractivity contribution in [1.82, 2.24) is 19.7 Å². The molecule has 1 aliphatic carbocycles. The zero-order valence-electron chi connectivity index (χ0n) is 28.7. The van der Waals surface area contributed by atoms with Gasteiger partial charge in [0.25, 0.3) is 0 Å². The fourth-order valence-corrected chi connectivity index (χ4v) is 7.88. The highest BCUT2D eigenvalue weighted by Gasteiger charge is 2.66. The van der Waals surface area contributed by atoms with Crippen LogP contribution in [0.1, 0.15) is 112 Å². The lowest BCUT2D eigenvalue weighted by Crippen LogP contribution is -2.45. The molecule has 1 aromatic carbocycles. The van der Waals surface area contributed by atoms with Crippen molar-refractivity contribution < 1.29 is 19.2 Å². The van der Waals surface area contributed by atoms with E-state index >= 15 is 0 Å². The van der Waals surface area contributed by atoms with E-state index in [1.807, 2.05) is 36.9 Å². The fourth-order valence-electron chi connectivity index (χ4n) is 7.88. The van der Waals surface area contributed by atoms with Gasteiger partial charge in [-0.15, -0.1) is 0 Å². The summed E-state index contributed by atoms with van der Waals surface area (Å²) in [6.07, 6.45) is 7.92. The summed E-state index contributed by atoms with van der Waals surface area (Å²) in [5.41, 5.74) is 5.55. The topological polar surface area (TPSA) is 114 Å². The van der Waals surface area contributed by atoms with Gasteiger partial charge < -0.3 is 10.2 Å². The number of aryl methyl sites for hydroxylation is 3. The molecule has 1 amide bonds. The highest BCUT2D eigenvalue weighted by Crippen LogP contribution is 2.62. The zero-order valence-corrected chi connectivity index (χ0v) is 28.7. The van der Waals surface area contributed by atoms with Crippen molar-refractivity contribution in [3.8, 4) is 0 Å². The molecule has 4 heterocycles. The van der Waals surface area contributed by atoms with Gasteiger partial charge in [0.2, 0.25) is 5.91 Å². The minimum atomic E-state index is -0.572. The maximum absolute atomic E-state index is 14.4. The van der Waals surface area contributed by atoms with Crippen LogP contribution in [0.4, 0.5) is 5.69 Å². The quantitative estimate of drug-likeness (QED) is 0.300. The number of piperidine rings is 1. The van der Waals surface area contributed by atoms with Crippen LogP contribution in [0.25, 0.3) is 10.9 Å². The molecule has 3 aliphatic rings. The normalized spacial score (nSPS) is 23.6. The number of amides is 1. The second-order valence-electron chi connectivity index (χ2n) is 14.8. The molecule has 0 unspecified atom stereocenters. The van der Waals surface area contributed by atoms with Gasteiger partial charge in [-0.1, -0.05) is 32.8 Å². The van der Waals surface area contributed by atoms with Crippen LogP contribution in [0.3, 0.4) is 0 Å². The van der Waals surface area contributed by atoms with Crippen molar-refractivity contribution in [2.75, 3.05) is 11.9 Å². The van der Waals surface area contributed by atoms with Crippen molar-refractivity contribution >= 4 is 39.8 Å². The molecule has 0 radical (unpaired) electrons. The average molecular weight is 640 g/mol. The number of hydrogen-bond acceptors (Lipinski definition) is 7. The van der Waals surface area contributed by atoms with Gasteiger partial charge in [0.05, 0.1) is 23.7 Å². The third-order valence-corrected chi connectivity index (χ3v) is 10.6. The second-order valence-corrected chi connectivity index (χ2v) is 14.8. The largest absolute Gasteiger partial charge is 0.385 e. The number of nitrogens with zero attached hydrogens (tertiary/aromatic N) is 4. The standard InChI is InChI=1S/C38H49N5O4/c1-23(2)21-39-28-16-27-10-8-6-7-9-11-29(45)14-15-38-19-32(33(46)18-31-24(3)12-13-25(4)40-31)43(34(38)20-38)35(47)22-42-37(27)30(17-28)36(41-42)26(5)44/h12-13,16-17,23,32,34,39H,6-11,14-15,18-22H2,1-5H3/t32-,34+,38-/m0/s1. The number of nitrogens with one attached hydrogen (secondary N) is 1. The molecule has 1 saturated carbocycles. The number of rotatable bonds is 7. The summed E-state index contributed by atoms with van der Waals surface area (Å²) in [7, 11) is 0. The Kier molecular flexibility index (Phi) is 9.36. The summed E-state index contributed by atoms with van der Waals surface area (Å²) in [4.78, 5) is 60.7. The molecule has 2 aromatic heterocycles. The van der Waals surface area contributed by atoms with Gasteiger partial charge in [-0.3, -0.25) is 28.8 Å². The summed E-state index contributed by atoms with van der Waals surface area (Å²) < 4.78 is 1.72. The Labute approximate surface area is 277 Å². The first-order valence-corrected chi connectivity index (χ1v) is 17.5. The van der Waals surface area contributed by atoms with Crippen molar-refractivity contribution in [2.24, 2.45) is 11.3 Å². The Morgan fingerprint density at radius 1 is 1.02 bits per heavy atom. The van der Waals surface area contributed by atoms with E-state index in [1.165, 1.54) is 6.92 Å². The van der Waals surface area contributed by atoms with E-state index in [0.29, 0.717) is 37.3 Å². The van der Waals surface area contributed by atoms with Gasteiger partial charge in [-0.25, -0.2) is 0 Å². The van der Waals surface area contributed by atoms with Crippen LogP contribution in [0.5, 0.6) is 0 Å². The summed E-state index contributed by atoms with van der Waals surface area (Å²) in [5, 5.41) is 9.05. The number of aromatic nitrogens is 3. The summed E-state index contributed by atoms with van der Waals surface area (Å²) in [6, 6.07) is 7.41. The van der Waals surface area contributed by atoms with Crippen molar-refractivity contribution in [2.45, 2.75) is 124 Å². The molecular formula is C38H49N5O4. The van der Waals surface area contributed by atoms with E-state index in [1.54, 1.807) is 4.68 Å². The molecule has 1 N–H and O–H groups in total. The van der Waals surface area contributed by atoms with Crippen molar-refractivity contribution in [1.29, 1.82) is 0 Å². The average Bonchev–Trinajstić information content (AvgIpc) is 3.43. The van der Waals surface area contributed by atoms with Crippen molar-refractivity contribution in [3.63, 3.8) is 0 Å². The lowest BCUT2D eigenvalue weighted by atomic mass is 9.90. The van der Waals surface area contributed by atoms with Crippen LogP contribution in [-0.2, 0) is 33.8 Å². The minimum absolute atomic E-state index is 0.0110. The second kappa shape index (κ2) is 13.3. The molecule has 0 spiro atoms. The van der Waals surface area contributed by atoms with Crippen LogP contribution in [0.15, 0.2) is 24.3 Å². The summed E-state index contributed by atoms with van der Waals surface area (Å²) >= 11 is 0. The molecule has 1 saturated heterocycles. The van der Waals surface area contributed by atoms with Gasteiger partial charge in [0, 0.05) is 49.1 Å². The maximum Gasteiger partial charge on any atom is 0.245 e. The van der Waals surface area contributed by atoms with E-state index in [9.17, 15) is 19.2 Å². The van der Waals surface area contributed by atoms with Gasteiger partial charge in [-0.05, 0) is 93.0 Å². The first-order chi connectivity index (χ1) is 22.5. The molecule has 3 atom stereocenters. The predicted molar refractivity (Wildman–Crippen MR) is 183 cm³/mol. The molecule has 2 bridgehead atoms. The Bertz CT molecular complexity index is 1720. The Balaban J connectivity index is 1.38. The molecular weight excluding hydrogens is 590 g/mol. The SMILES string of the molecule is CC(=O)c1nn2c3c(cc(NCC(C)C)cc13)CCCCCCC(=O)CC[C@@]13C[C@@H](C(=O)Cc4nc(C)ccc4C)N(C(=O)C2)[C@@H]1C3. The van der Waals surface area contributed by atoms with Crippen LogP contribution < -0.4 is 5.32 Å². The molecule has 2 aliphatic heterocycles. The third kappa shape index (κ3) is 6.90. The number of pyridine rings is 1. The van der Waals surface area contributed by atoms with E-state index < -0.39 is 6.04 Å². The monoisotopic (exact) mass is 639 g/mol. The lowest BCUT2D eigenvalue weighted by molar-refractivity contribution is -0.139. The van der Waals surface area contributed by atoms with E-state index in [-0.39, 0.29) is 47.7 Å². The highest BCUT2D eigenvalue weighted by atomic mass is 16.2. The molecule has 6 rings (SSSR count). The first kappa shape index (κ1) is 33.0. The van der Waals surface area contributed by atoms with Gasteiger partial charge in [-0.2, -0.15) is 5.10 Å². The highest BCUT2D eigenvalue weighted by molar-refractivity contribution is 6.07. The summed E-state index contributed by atoms with van der Waals surface area (Å²) in [5.74, 6) is 0.414. The zero-order chi connectivity index (χ0) is 33.5. The number of carbonyl (C=O) groups is 4. The Hall–Kier alpha value is -3.88. The lowest BCUT2D eigenvalue weighted by Gasteiger charge is -2.27. The van der Waals surface area contributed by atoms with Crippen molar-refractivity contribution in [3.05, 3.63) is 52.5 Å². The Morgan fingerprint density at radius 3 is 2.53 bits per heavy atom. The van der Waals surface area contributed by atoms with Crippen LogP contribution in [0, 0.1) is 25.2 Å². The van der Waals surface area contributed by atoms with E-state index in [0.717, 1.165) is 84.2 Å². The van der Waals surface area contributed by atoms with E-state index in [4.69, 9.17) is 5.10 Å². The number of benzene rings is 1. The first-order valence-electron chi connectivity index (χ1n) is 17.5. The number of carbonyl (C=O) groups excluding carboxylic acids is 4. The van der Waals surface area contributed by atoms with E-state index in [2.05, 4.69) is 30.2 Å². The predicted octanol–water partition coefficient (Wildman–Crippen LogP) is 6.35. The number of hydrogen-bond donors (Lipinski definition) is 1. The number of Topliss-reactive ketones (excluding diaryl/α,β-unsaturated/α-hetero) is 3. The molecule has 9 nitrogen and oxygen atoms in total. The fraction of sp³-hybridized carbons (Fsp3) is 0.579. The van der Waals surface area contributed by atoms with Gasteiger partial charge >= 0.3 is 0 Å². The van der Waals surface area contributed by atoms with Gasteiger partial charge in [0.1, 0.15) is 18.0 Å². The summed E-state index contributed by atoms with van der Waals surface area (Å²) in [6.45, 7) is 10.5.